The van der Waals surface area contributed by atoms with E-state index >= 15 is 0 Å². The molecule has 0 saturated heterocycles. The van der Waals surface area contributed by atoms with E-state index in [1.165, 1.54) is 5.56 Å². The summed E-state index contributed by atoms with van der Waals surface area (Å²) in [6.07, 6.45) is 2.82. The SMILES string of the molecule is CCc1ccc(-c2oncc2CNC)cc1. The summed E-state index contributed by atoms with van der Waals surface area (Å²) >= 11 is 0. The van der Waals surface area contributed by atoms with Gasteiger partial charge in [0, 0.05) is 17.7 Å². The molecule has 0 aliphatic heterocycles. The van der Waals surface area contributed by atoms with Crippen LogP contribution in [0.15, 0.2) is 35.0 Å². The molecule has 2 rings (SSSR count). The van der Waals surface area contributed by atoms with Crippen LogP contribution in [0.2, 0.25) is 0 Å². The Balaban J connectivity index is 2.31. The summed E-state index contributed by atoms with van der Waals surface area (Å²) in [5.41, 5.74) is 3.50. The second kappa shape index (κ2) is 4.94. The van der Waals surface area contributed by atoms with E-state index in [1.807, 2.05) is 7.05 Å². The predicted octanol–water partition coefficient (Wildman–Crippen LogP) is 2.62. The highest BCUT2D eigenvalue weighted by atomic mass is 16.5. The molecule has 3 nitrogen and oxygen atoms in total. The number of rotatable bonds is 4. The summed E-state index contributed by atoms with van der Waals surface area (Å²) < 4.78 is 5.29. The molecule has 0 spiro atoms. The van der Waals surface area contributed by atoms with E-state index in [0.29, 0.717) is 0 Å². The van der Waals surface area contributed by atoms with Crippen molar-refractivity contribution >= 4 is 0 Å². The van der Waals surface area contributed by atoms with E-state index in [0.717, 1.165) is 29.9 Å². The van der Waals surface area contributed by atoms with Crippen molar-refractivity contribution in [1.82, 2.24) is 10.5 Å². The van der Waals surface area contributed by atoms with Crippen molar-refractivity contribution in [3.05, 3.63) is 41.6 Å². The molecule has 0 fully saturated rings. The van der Waals surface area contributed by atoms with Crippen LogP contribution in [-0.4, -0.2) is 12.2 Å². The first kappa shape index (κ1) is 10.9. The van der Waals surface area contributed by atoms with E-state index in [-0.39, 0.29) is 0 Å². The van der Waals surface area contributed by atoms with Gasteiger partial charge in [-0.3, -0.25) is 0 Å². The van der Waals surface area contributed by atoms with Crippen molar-refractivity contribution < 1.29 is 4.52 Å². The first-order valence-electron chi connectivity index (χ1n) is 5.52. The summed E-state index contributed by atoms with van der Waals surface area (Å²) in [4.78, 5) is 0. The predicted molar refractivity (Wildman–Crippen MR) is 64.1 cm³/mol. The van der Waals surface area contributed by atoms with Crippen molar-refractivity contribution in [2.45, 2.75) is 19.9 Å². The maximum Gasteiger partial charge on any atom is 0.171 e. The van der Waals surface area contributed by atoms with E-state index in [1.54, 1.807) is 6.20 Å². The zero-order chi connectivity index (χ0) is 11.4. The summed E-state index contributed by atoms with van der Waals surface area (Å²) in [5.74, 6) is 0.858. The first-order chi connectivity index (χ1) is 7.85. The van der Waals surface area contributed by atoms with Gasteiger partial charge in [0.1, 0.15) is 0 Å². The molecule has 0 amide bonds. The summed E-state index contributed by atoms with van der Waals surface area (Å²) in [6, 6.07) is 8.42. The average molecular weight is 216 g/mol. The maximum absolute atomic E-state index is 5.29. The van der Waals surface area contributed by atoms with Crippen LogP contribution >= 0.6 is 0 Å². The molecule has 0 unspecified atom stereocenters. The Morgan fingerprint density at radius 2 is 2.00 bits per heavy atom. The lowest BCUT2D eigenvalue weighted by Crippen LogP contribution is -2.04. The standard InChI is InChI=1S/C13H16N2O/c1-3-10-4-6-11(7-5-10)13-12(8-14-2)9-15-16-13/h4-7,9,14H,3,8H2,1-2H3. The molecular weight excluding hydrogens is 200 g/mol. The molecular formula is C13H16N2O. The van der Waals surface area contributed by atoms with Crippen molar-refractivity contribution in [3.63, 3.8) is 0 Å². The summed E-state index contributed by atoms with van der Waals surface area (Å²) in [6.45, 7) is 2.92. The summed E-state index contributed by atoms with van der Waals surface area (Å²) in [5, 5.41) is 6.95. The molecule has 1 N–H and O–H groups in total. The van der Waals surface area contributed by atoms with Crippen LogP contribution in [-0.2, 0) is 13.0 Å². The number of nitrogens with one attached hydrogen (secondary N) is 1. The normalized spacial score (nSPS) is 10.6. The third-order valence-electron chi connectivity index (χ3n) is 2.64. The van der Waals surface area contributed by atoms with Crippen molar-refractivity contribution in [1.29, 1.82) is 0 Å². The number of aryl methyl sites for hydroxylation is 1. The Kier molecular flexibility index (Phi) is 3.37. The van der Waals surface area contributed by atoms with Crippen LogP contribution in [0.25, 0.3) is 11.3 Å². The molecule has 0 radical (unpaired) electrons. The number of hydrogen-bond donors (Lipinski definition) is 1. The van der Waals surface area contributed by atoms with Gasteiger partial charge in [0.05, 0.1) is 6.20 Å². The number of benzene rings is 1. The number of nitrogens with zero attached hydrogens (tertiary/aromatic N) is 1. The molecule has 0 aliphatic rings. The van der Waals surface area contributed by atoms with Crippen molar-refractivity contribution in [2.24, 2.45) is 0 Å². The second-order valence-electron chi connectivity index (χ2n) is 3.76. The first-order valence-corrected chi connectivity index (χ1v) is 5.52. The molecule has 84 valence electrons. The van der Waals surface area contributed by atoms with Gasteiger partial charge in [0.15, 0.2) is 5.76 Å². The fourth-order valence-corrected chi connectivity index (χ4v) is 1.71. The smallest absolute Gasteiger partial charge is 0.171 e. The minimum Gasteiger partial charge on any atom is -0.356 e. The Bertz CT molecular complexity index is 445. The number of aromatic nitrogens is 1. The lowest BCUT2D eigenvalue weighted by Gasteiger charge is -2.02. The number of hydrogen-bond acceptors (Lipinski definition) is 3. The largest absolute Gasteiger partial charge is 0.356 e. The summed E-state index contributed by atoms with van der Waals surface area (Å²) in [7, 11) is 1.91. The van der Waals surface area contributed by atoms with Crippen molar-refractivity contribution in [3.8, 4) is 11.3 Å². The van der Waals surface area contributed by atoms with Crippen LogP contribution < -0.4 is 5.32 Å². The van der Waals surface area contributed by atoms with E-state index in [2.05, 4.69) is 41.7 Å². The molecule has 16 heavy (non-hydrogen) atoms. The van der Waals surface area contributed by atoms with Crippen molar-refractivity contribution in [2.75, 3.05) is 7.05 Å². The van der Waals surface area contributed by atoms with Gasteiger partial charge in [-0.05, 0) is 19.0 Å². The van der Waals surface area contributed by atoms with Gasteiger partial charge in [-0.15, -0.1) is 0 Å². The minimum absolute atomic E-state index is 0.772. The molecule has 0 bridgehead atoms. The van der Waals surface area contributed by atoms with E-state index < -0.39 is 0 Å². The van der Waals surface area contributed by atoms with E-state index in [9.17, 15) is 0 Å². The Morgan fingerprint density at radius 1 is 1.25 bits per heavy atom. The van der Waals surface area contributed by atoms with Gasteiger partial charge in [0.25, 0.3) is 0 Å². The highest BCUT2D eigenvalue weighted by Gasteiger charge is 2.09. The van der Waals surface area contributed by atoms with Crippen LogP contribution in [0.1, 0.15) is 18.1 Å². The molecule has 1 aromatic carbocycles. The van der Waals surface area contributed by atoms with Gasteiger partial charge in [-0.1, -0.05) is 36.3 Å². The molecule has 1 aromatic heterocycles. The topological polar surface area (TPSA) is 38.1 Å². The second-order valence-corrected chi connectivity index (χ2v) is 3.76. The van der Waals surface area contributed by atoms with Crippen LogP contribution in [0, 0.1) is 0 Å². The Hall–Kier alpha value is -1.61. The Morgan fingerprint density at radius 3 is 2.62 bits per heavy atom. The third-order valence-corrected chi connectivity index (χ3v) is 2.64. The van der Waals surface area contributed by atoms with Gasteiger partial charge in [0.2, 0.25) is 0 Å². The molecule has 3 heteroatoms. The highest BCUT2D eigenvalue weighted by molar-refractivity contribution is 5.60. The van der Waals surface area contributed by atoms with Gasteiger partial charge < -0.3 is 9.84 Å². The minimum atomic E-state index is 0.772. The van der Waals surface area contributed by atoms with Crippen LogP contribution in [0.3, 0.4) is 0 Å². The quantitative estimate of drug-likeness (QED) is 0.853. The van der Waals surface area contributed by atoms with Crippen LogP contribution in [0.4, 0.5) is 0 Å². The molecule has 2 aromatic rings. The molecule has 0 atom stereocenters. The van der Waals surface area contributed by atoms with Crippen LogP contribution in [0.5, 0.6) is 0 Å². The zero-order valence-electron chi connectivity index (χ0n) is 9.66. The lowest BCUT2D eigenvalue weighted by molar-refractivity contribution is 0.431. The Labute approximate surface area is 95.5 Å². The average Bonchev–Trinajstić information content (AvgIpc) is 2.78. The fraction of sp³-hybridized carbons (Fsp3) is 0.308. The monoisotopic (exact) mass is 216 g/mol. The fourth-order valence-electron chi connectivity index (χ4n) is 1.71. The maximum atomic E-state index is 5.29. The molecule has 0 saturated carbocycles. The lowest BCUT2D eigenvalue weighted by atomic mass is 10.1. The molecule has 1 heterocycles. The van der Waals surface area contributed by atoms with Gasteiger partial charge in [-0.25, -0.2) is 0 Å². The van der Waals surface area contributed by atoms with E-state index in [4.69, 9.17) is 4.52 Å². The molecule has 0 aliphatic carbocycles. The zero-order valence-corrected chi connectivity index (χ0v) is 9.66. The van der Waals surface area contributed by atoms with Gasteiger partial charge in [-0.2, -0.15) is 0 Å². The third kappa shape index (κ3) is 2.14. The highest BCUT2D eigenvalue weighted by Crippen LogP contribution is 2.23. The van der Waals surface area contributed by atoms with Gasteiger partial charge >= 0.3 is 0 Å².